The van der Waals surface area contributed by atoms with E-state index in [2.05, 4.69) is 10.1 Å². The maximum Gasteiger partial charge on any atom is 0.274 e. The van der Waals surface area contributed by atoms with Crippen LogP contribution in [-0.4, -0.2) is 38.5 Å². The van der Waals surface area contributed by atoms with E-state index in [1.165, 1.54) is 0 Å². The van der Waals surface area contributed by atoms with Gasteiger partial charge in [-0.25, -0.2) is 9.50 Å². The van der Waals surface area contributed by atoms with Crippen LogP contribution < -0.4 is 0 Å². The SMILES string of the molecule is Cc1cc(C)c2ncc(C(=O)N(C)C3CC3)n2n1. The molecule has 0 bridgehead atoms. The van der Waals surface area contributed by atoms with Gasteiger partial charge in [0.05, 0.1) is 11.9 Å². The maximum atomic E-state index is 12.3. The minimum atomic E-state index is 0.00231. The van der Waals surface area contributed by atoms with Gasteiger partial charge in [-0.15, -0.1) is 0 Å². The van der Waals surface area contributed by atoms with Gasteiger partial charge >= 0.3 is 0 Å². The number of fused-ring (bicyclic) bond motifs is 1. The molecule has 0 aliphatic heterocycles. The van der Waals surface area contributed by atoms with Crippen LogP contribution in [0.15, 0.2) is 12.3 Å². The molecular formula is C13H16N4O. The number of aryl methyl sites for hydroxylation is 2. The number of nitrogens with zero attached hydrogens (tertiary/aromatic N) is 4. The number of imidazole rings is 1. The summed E-state index contributed by atoms with van der Waals surface area (Å²) in [6.07, 6.45) is 3.82. The molecule has 1 saturated carbocycles. The maximum absolute atomic E-state index is 12.3. The highest BCUT2D eigenvalue weighted by molar-refractivity contribution is 5.93. The van der Waals surface area contributed by atoms with E-state index in [4.69, 9.17) is 0 Å². The van der Waals surface area contributed by atoms with Crippen molar-refractivity contribution in [3.63, 3.8) is 0 Å². The predicted octanol–water partition coefficient (Wildman–Crippen LogP) is 1.58. The summed E-state index contributed by atoms with van der Waals surface area (Å²) < 4.78 is 1.66. The quantitative estimate of drug-likeness (QED) is 0.806. The van der Waals surface area contributed by atoms with Gasteiger partial charge in [-0.3, -0.25) is 4.79 Å². The molecule has 1 aliphatic rings. The Bertz CT molecular complexity index is 627. The number of aromatic nitrogens is 3. The highest BCUT2D eigenvalue weighted by Gasteiger charge is 2.31. The highest BCUT2D eigenvalue weighted by Crippen LogP contribution is 2.26. The second kappa shape index (κ2) is 3.80. The fraction of sp³-hybridized carbons (Fsp3) is 0.462. The van der Waals surface area contributed by atoms with E-state index in [1.807, 2.05) is 27.0 Å². The molecule has 18 heavy (non-hydrogen) atoms. The van der Waals surface area contributed by atoms with Gasteiger partial charge in [0.25, 0.3) is 5.91 Å². The van der Waals surface area contributed by atoms with Gasteiger partial charge in [-0.1, -0.05) is 0 Å². The first-order chi connectivity index (χ1) is 8.58. The first kappa shape index (κ1) is 11.2. The van der Waals surface area contributed by atoms with Crippen molar-refractivity contribution in [3.8, 4) is 0 Å². The van der Waals surface area contributed by atoms with E-state index >= 15 is 0 Å². The van der Waals surface area contributed by atoms with Gasteiger partial charge in [0.2, 0.25) is 0 Å². The second-order valence-electron chi connectivity index (χ2n) is 4.99. The van der Waals surface area contributed by atoms with E-state index in [0.29, 0.717) is 11.7 Å². The van der Waals surface area contributed by atoms with Crippen molar-refractivity contribution in [2.75, 3.05) is 7.05 Å². The number of hydrogen-bond donors (Lipinski definition) is 0. The third kappa shape index (κ3) is 1.66. The van der Waals surface area contributed by atoms with Crippen LogP contribution >= 0.6 is 0 Å². The van der Waals surface area contributed by atoms with Gasteiger partial charge < -0.3 is 4.90 Å². The summed E-state index contributed by atoms with van der Waals surface area (Å²) in [6, 6.07) is 2.37. The van der Waals surface area contributed by atoms with Gasteiger partial charge in [0.1, 0.15) is 0 Å². The Morgan fingerprint density at radius 1 is 1.44 bits per heavy atom. The smallest absolute Gasteiger partial charge is 0.274 e. The minimum absolute atomic E-state index is 0.00231. The Balaban J connectivity index is 2.09. The van der Waals surface area contributed by atoms with Crippen LogP contribution in [0.1, 0.15) is 34.6 Å². The molecule has 2 heterocycles. The zero-order chi connectivity index (χ0) is 12.9. The van der Waals surface area contributed by atoms with Crippen molar-refractivity contribution in [2.24, 2.45) is 0 Å². The molecule has 1 fully saturated rings. The lowest BCUT2D eigenvalue weighted by Crippen LogP contribution is -2.30. The summed E-state index contributed by atoms with van der Waals surface area (Å²) in [5.41, 5.74) is 3.23. The summed E-state index contributed by atoms with van der Waals surface area (Å²) >= 11 is 0. The van der Waals surface area contributed by atoms with Crippen LogP contribution in [-0.2, 0) is 0 Å². The van der Waals surface area contributed by atoms with Crippen molar-refractivity contribution in [2.45, 2.75) is 32.7 Å². The van der Waals surface area contributed by atoms with Gasteiger partial charge in [0, 0.05) is 13.1 Å². The third-order valence-corrected chi connectivity index (χ3v) is 3.41. The Morgan fingerprint density at radius 3 is 2.83 bits per heavy atom. The van der Waals surface area contributed by atoms with Crippen molar-refractivity contribution in [1.29, 1.82) is 0 Å². The molecule has 0 aromatic carbocycles. The predicted molar refractivity (Wildman–Crippen MR) is 67.6 cm³/mol. The van der Waals surface area contributed by atoms with Crippen LogP contribution in [0.5, 0.6) is 0 Å². The summed E-state index contributed by atoms with van der Waals surface area (Å²) in [4.78, 5) is 18.4. The van der Waals surface area contributed by atoms with Crippen molar-refractivity contribution in [1.82, 2.24) is 19.5 Å². The summed E-state index contributed by atoms with van der Waals surface area (Å²) in [7, 11) is 1.85. The summed E-state index contributed by atoms with van der Waals surface area (Å²) in [5.74, 6) is 0.00231. The zero-order valence-corrected chi connectivity index (χ0v) is 10.8. The normalized spacial score (nSPS) is 15.1. The van der Waals surface area contributed by atoms with E-state index in [1.54, 1.807) is 15.6 Å². The van der Waals surface area contributed by atoms with Crippen LogP contribution in [0.3, 0.4) is 0 Å². The van der Waals surface area contributed by atoms with E-state index in [0.717, 1.165) is 29.7 Å². The molecule has 5 nitrogen and oxygen atoms in total. The van der Waals surface area contributed by atoms with E-state index in [-0.39, 0.29) is 5.91 Å². The minimum Gasteiger partial charge on any atom is -0.337 e. The first-order valence-corrected chi connectivity index (χ1v) is 6.17. The van der Waals surface area contributed by atoms with Crippen molar-refractivity contribution >= 4 is 11.6 Å². The van der Waals surface area contributed by atoms with Crippen LogP contribution in [0.2, 0.25) is 0 Å². The average Bonchev–Trinajstić information content (AvgIpc) is 3.08. The topological polar surface area (TPSA) is 50.5 Å². The Hall–Kier alpha value is -1.91. The first-order valence-electron chi connectivity index (χ1n) is 6.17. The lowest BCUT2D eigenvalue weighted by atomic mass is 10.3. The molecule has 0 atom stereocenters. The average molecular weight is 244 g/mol. The molecule has 3 rings (SSSR count). The highest BCUT2D eigenvalue weighted by atomic mass is 16.2. The number of hydrogen-bond acceptors (Lipinski definition) is 3. The molecule has 94 valence electrons. The third-order valence-electron chi connectivity index (χ3n) is 3.41. The standard InChI is InChI=1S/C13H16N4O/c1-8-6-9(2)15-17-11(7-14-12(8)17)13(18)16(3)10-4-5-10/h6-7,10H,4-5H2,1-3H3. The van der Waals surface area contributed by atoms with E-state index < -0.39 is 0 Å². The second-order valence-corrected chi connectivity index (χ2v) is 4.99. The Morgan fingerprint density at radius 2 is 2.17 bits per heavy atom. The number of carbonyl (C=O) groups excluding carboxylic acids is 1. The van der Waals surface area contributed by atoms with Crippen LogP contribution in [0.25, 0.3) is 5.65 Å². The Labute approximate surface area is 105 Å². The molecule has 0 radical (unpaired) electrons. The zero-order valence-electron chi connectivity index (χ0n) is 10.8. The van der Waals surface area contributed by atoms with Crippen LogP contribution in [0.4, 0.5) is 0 Å². The van der Waals surface area contributed by atoms with E-state index in [9.17, 15) is 4.79 Å². The Kier molecular flexibility index (Phi) is 2.36. The lowest BCUT2D eigenvalue weighted by molar-refractivity contribution is 0.0777. The molecule has 5 heteroatoms. The molecule has 1 amide bonds. The number of carbonyl (C=O) groups is 1. The van der Waals surface area contributed by atoms with Crippen molar-refractivity contribution in [3.05, 3.63) is 29.2 Å². The fourth-order valence-corrected chi connectivity index (χ4v) is 2.23. The monoisotopic (exact) mass is 244 g/mol. The molecule has 2 aromatic heterocycles. The summed E-state index contributed by atoms with van der Waals surface area (Å²) in [6.45, 7) is 3.90. The molecular weight excluding hydrogens is 228 g/mol. The molecule has 0 N–H and O–H groups in total. The van der Waals surface area contributed by atoms with Gasteiger partial charge in [-0.2, -0.15) is 5.10 Å². The van der Waals surface area contributed by atoms with Crippen molar-refractivity contribution < 1.29 is 4.79 Å². The molecule has 2 aromatic rings. The lowest BCUT2D eigenvalue weighted by Gasteiger charge is -2.15. The van der Waals surface area contributed by atoms with Gasteiger partial charge in [-0.05, 0) is 38.3 Å². The molecule has 0 saturated heterocycles. The molecule has 0 unspecified atom stereocenters. The molecule has 0 spiro atoms. The van der Waals surface area contributed by atoms with Gasteiger partial charge in [0.15, 0.2) is 11.3 Å². The summed E-state index contributed by atoms with van der Waals surface area (Å²) in [5, 5.41) is 4.39. The number of rotatable bonds is 2. The molecule has 1 aliphatic carbocycles. The largest absolute Gasteiger partial charge is 0.337 e. The fourth-order valence-electron chi connectivity index (χ4n) is 2.23. The number of amides is 1. The van der Waals surface area contributed by atoms with Crippen LogP contribution in [0, 0.1) is 13.8 Å².